The summed E-state index contributed by atoms with van der Waals surface area (Å²) in [5.41, 5.74) is -7.87. The number of rotatable bonds is 6. The number of alkyl halides is 7. The van der Waals surface area contributed by atoms with Crippen LogP contribution in [0.25, 0.3) is 0 Å². The second-order valence-corrected chi connectivity index (χ2v) is 9.66. The number of carboxylic acid groups (broad SMARTS) is 1. The van der Waals surface area contributed by atoms with E-state index in [-0.39, 0.29) is 5.75 Å². The van der Waals surface area contributed by atoms with Gasteiger partial charge in [0.1, 0.15) is 16.3 Å². The molecule has 3 N–H and O–H groups in total. The molecule has 0 saturated carbocycles. The van der Waals surface area contributed by atoms with Crippen LogP contribution < -0.4 is 30.6 Å². The van der Waals surface area contributed by atoms with Gasteiger partial charge >= 0.3 is 18.1 Å². The molecule has 7 nitrogen and oxygen atoms in total. The quantitative estimate of drug-likeness (QED) is 0.306. The second kappa shape index (κ2) is 9.15. The summed E-state index contributed by atoms with van der Waals surface area (Å²) in [6.07, 6.45) is -13.0. The molecule has 2 aliphatic heterocycles. The van der Waals surface area contributed by atoms with E-state index in [0.29, 0.717) is 13.0 Å². The maximum atomic E-state index is 17.0. The fourth-order valence-corrected chi connectivity index (χ4v) is 5.65. The van der Waals surface area contributed by atoms with Gasteiger partial charge < -0.3 is 20.0 Å². The van der Waals surface area contributed by atoms with Gasteiger partial charge in [0.2, 0.25) is 5.67 Å². The number of allylic oxidation sites excluding steroid dienone is 1. The lowest BCUT2D eigenvalue weighted by atomic mass is 9.61. The molecule has 0 bridgehead atoms. The molecular formula is C24H22ClF7N4O3. The summed E-state index contributed by atoms with van der Waals surface area (Å²) < 4.78 is 108. The summed E-state index contributed by atoms with van der Waals surface area (Å²) in [5, 5.41) is 14.9. The Morgan fingerprint density at radius 2 is 1.79 bits per heavy atom. The molecule has 1 aromatic heterocycles. The number of para-hydroxylation sites is 1. The first kappa shape index (κ1) is 28.7. The predicted molar refractivity (Wildman–Crippen MR) is 121 cm³/mol. The number of anilines is 1. The molecule has 1 aromatic carbocycles. The summed E-state index contributed by atoms with van der Waals surface area (Å²) in [6, 6.07) is 7.52. The summed E-state index contributed by atoms with van der Waals surface area (Å²) in [6.45, 7) is 2.89. The molecule has 4 unspecified atom stereocenters. The number of hydrogen-bond acceptors (Lipinski definition) is 6. The number of H-pyrrole nitrogens is 1. The van der Waals surface area contributed by atoms with Crippen molar-refractivity contribution in [1.82, 2.24) is 10.7 Å². The van der Waals surface area contributed by atoms with E-state index in [2.05, 4.69) is 15.7 Å². The first-order chi connectivity index (χ1) is 18.0. The summed E-state index contributed by atoms with van der Waals surface area (Å²) in [5.74, 6) is -5.41. The third kappa shape index (κ3) is 4.06. The third-order valence-electron chi connectivity index (χ3n) is 7.24. The van der Waals surface area contributed by atoms with E-state index in [1.807, 2.05) is 0 Å². The number of aliphatic carboxylic acids is 1. The number of benzene rings is 1. The van der Waals surface area contributed by atoms with Gasteiger partial charge in [0, 0.05) is 5.57 Å². The average Bonchev–Trinajstić information content (AvgIpc) is 3.55. The van der Waals surface area contributed by atoms with E-state index >= 15 is 4.39 Å². The van der Waals surface area contributed by atoms with Crippen LogP contribution in [-0.2, 0) is 11.0 Å². The van der Waals surface area contributed by atoms with Crippen molar-refractivity contribution in [1.29, 1.82) is 0 Å². The minimum absolute atomic E-state index is 0.222. The SMILES string of the molecule is CCC1=C(Cl)NC2(NN2c2[nH+]ccc(C(F)(F)F)c2C)C(C)(C(Oc2ccccc2)C(=O)[O-])C1(F)C(F)(F)F. The highest BCUT2D eigenvalue weighted by molar-refractivity contribution is 6.30. The van der Waals surface area contributed by atoms with E-state index in [4.69, 9.17) is 16.3 Å². The first-order valence-corrected chi connectivity index (χ1v) is 11.9. The van der Waals surface area contributed by atoms with Crippen LogP contribution >= 0.6 is 11.6 Å². The number of nitrogens with one attached hydrogen (secondary N) is 3. The fourth-order valence-electron chi connectivity index (χ4n) is 5.25. The van der Waals surface area contributed by atoms with Gasteiger partial charge in [-0.25, -0.2) is 9.37 Å². The maximum Gasteiger partial charge on any atom is 0.427 e. The molecule has 39 heavy (non-hydrogen) atoms. The Morgan fingerprint density at radius 3 is 2.31 bits per heavy atom. The normalized spacial score (nSPS) is 27.8. The molecule has 1 spiro atoms. The molecule has 2 aromatic rings. The number of ether oxygens (including phenoxy) is 1. The number of pyridine rings is 1. The molecular weight excluding hydrogens is 561 g/mol. The van der Waals surface area contributed by atoms with E-state index in [0.717, 1.165) is 18.1 Å². The molecule has 4 atom stereocenters. The molecule has 1 fully saturated rings. The highest BCUT2D eigenvalue weighted by Gasteiger charge is 2.89. The number of hydrazine groups is 1. The van der Waals surface area contributed by atoms with Gasteiger partial charge in [-0.15, -0.1) is 5.01 Å². The summed E-state index contributed by atoms with van der Waals surface area (Å²) >= 11 is 6.13. The highest BCUT2D eigenvalue weighted by Crippen LogP contribution is 2.65. The van der Waals surface area contributed by atoms with Crippen LogP contribution in [0.2, 0.25) is 0 Å². The molecule has 1 saturated heterocycles. The fraction of sp³-hybridized carbons (Fsp3) is 0.417. The number of hydrogen-bond donors (Lipinski definition) is 2. The van der Waals surface area contributed by atoms with Gasteiger partial charge in [-0.3, -0.25) is 0 Å². The Labute approximate surface area is 222 Å². The first-order valence-electron chi connectivity index (χ1n) is 11.5. The molecule has 15 heteroatoms. The van der Waals surface area contributed by atoms with Crippen molar-refractivity contribution in [2.75, 3.05) is 5.01 Å². The predicted octanol–water partition coefficient (Wildman–Crippen LogP) is 3.74. The third-order valence-corrected chi connectivity index (χ3v) is 7.56. The van der Waals surface area contributed by atoms with Crippen LogP contribution in [0.15, 0.2) is 53.3 Å². The molecule has 3 heterocycles. The van der Waals surface area contributed by atoms with E-state index in [9.17, 15) is 36.2 Å². The Kier molecular flexibility index (Phi) is 6.74. The standard InChI is InChI=1S/C24H22ClF7N4O3/c1-4-14-17(25)34-24(35-36(24)18-12(2)15(10-11-33-18)22(27,28)29)20(3,21(14,26)23(30,31)32)16(19(37)38)39-13-8-6-5-7-9-13/h5-11,16,34-35H,4H2,1-3H3,(H,37,38). The van der Waals surface area contributed by atoms with Crippen molar-refractivity contribution in [2.45, 2.75) is 57.1 Å². The monoisotopic (exact) mass is 582 g/mol. The Morgan fingerprint density at radius 1 is 1.18 bits per heavy atom. The zero-order chi connectivity index (χ0) is 29.2. The van der Waals surface area contributed by atoms with Gasteiger partial charge in [0.05, 0.1) is 23.3 Å². The molecule has 0 amide bonds. The van der Waals surface area contributed by atoms with E-state index < -0.39 is 75.4 Å². The minimum Gasteiger partial charge on any atom is -0.546 e. The second-order valence-electron chi connectivity index (χ2n) is 9.28. The Hall–Kier alpha value is -3.26. The average molecular weight is 583 g/mol. The van der Waals surface area contributed by atoms with Gasteiger partial charge in [0.25, 0.3) is 5.82 Å². The van der Waals surface area contributed by atoms with Crippen LogP contribution in [0.1, 0.15) is 31.4 Å². The van der Waals surface area contributed by atoms with Crippen LogP contribution in [0.4, 0.5) is 36.6 Å². The van der Waals surface area contributed by atoms with Crippen LogP contribution in [0.5, 0.6) is 5.75 Å². The van der Waals surface area contributed by atoms with Crippen molar-refractivity contribution in [2.24, 2.45) is 5.41 Å². The van der Waals surface area contributed by atoms with Crippen molar-refractivity contribution in [3.63, 3.8) is 0 Å². The Bertz CT molecular complexity index is 1320. The molecule has 0 aliphatic carbocycles. The zero-order valence-corrected chi connectivity index (χ0v) is 21.3. The van der Waals surface area contributed by atoms with Gasteiger partial charge in [-0.2, -0.15) is 26.3 Å². The zero-order valence-electron chi connectivity index (χ0n) is 20.5. The topological polar surface area (TPSA) is 100 Å². The summed E-state index contributed by atoms with van der Waals surface area (Å²) in [7, 11) is 0. The van der Waals surface area contributed by atoms with Crippen molar-refractivity contribution in [3.05, 3.63) is 64.5 Å². The molecule has 4 rings (SSSR count). The number of halogens is 8. The number of carbonyl (C=O) groups excluding carboxylic acids is 1. The van der Waals surface area contributed by atoms with Crippen LogP contribution in [0.3, 0.4) is 0 Å². The number of aromatic nitrogens is 1. The number of carboxylic acids is 1. The summed E-state index contributed by atoms with van der Waals surface area (Å²) in [4.78, 5) is 15.0. The maximum absolute atomic E-state index is 17.0. The van der Waals surface area contributed by atoms with Gasteiger partial charge in [-0.1, -0.05) is 42.1 Å². The van der Waals surface area contributed by atoms with Crippen molar-refractivity contribution in [3.8, 4) is 5.75 Å². The van der Waals surface area contributed by atoms with E-state index in [1.54, 1.807) is 0 Å². The lowest BCUT2D eigenvalue weighted by molar-refractivity contribution is -0.365. The molecule has 212 valence electrons. The molecule has 2 aliphatic rings. The smallest absolute Gasteiger partial charge is 0.427 e. The van der Waals surface area contributed by atoms with Crippen molar-refractivity contribution < 1.29 is 50.4 Å². The van der Waals surface area contributed by atoms with Crippen molar-refractivity contribution >= 4 is 23.4 Å². The number of carbonyl (C=O) groups is 1. The number of aromatic amines is 1. The highest BCUT2D eigenvalue weighted by atomic mass is 35.5. The lowest BCUT2D eigenvalue weighted by Gasteiger charge is -2.52. The largest absolute Gasteiger partial charge is 0.546 e. The van der Waals surface area contributed by atoms with Gasteiger partial charge in [-0.05, 0) is 38.5 Å². The molecule has 0 radical (unpaired) electrons. The minimum atomic E-state index is -5.77. The number of nitrogens with zero attached hydrogens (tertiary/aromatic N) is 1. The Balaban J connectivity index is 2.01. The lowest BCUT2D eigenvalue weighted by Crippen LogP contribution is -2.76. The van der Waals surface area contributed by atoms with Crippen LogP contribution in [0, 0.1) is 12.3 Å². The van der Waals surface area contributed by atoms with Crippen LogP contribution in [-0.4, -0.2) is 29.7 Å². The van der Waals surface area contributed by atoms with Gasteiger partial charge in [0.15, 0.2) is 6.10 Å². The van der Waals surface area contributed by atoms with E-state index in [1.165, 1.54) is 37.3 Å².